The summed E-state index contributed by atoms with van der Waals surface area (Å²) in [5.41, 5.74) is 2.69. The van der Waals surface area contributed by atoms with Gasteiger partial charge in [0.05, 0.1) is 23.6 Å². The summed E-state index contributed by atoms with van der Waals surface area (Å²) in [6.45, 7) is 5.90. The summed E-state index contributed by atoms with van der Waals surface area (Å²) >= 11 is 0. The number of amides is 1. The molecular formula is C31H30FN3O5S. The van der Waals surface area contributed by atoms with Crippen LogP contribution in [-0.4, -0.2) is 43.3 Å². The lowest BCUT2D eigenvalue weighted by Gasteiger charge is -2.29. The first-order chi connectivity index (χ1) is 19.5. The molecule has 2 heterocycles. The number of esters is 1. The first-order valence-electron chi connectivity index (χ1n) is 13.1. The fraction of sp³-hybridized carbons (Fsp3) is 0.226. The normalized spacial score (nSPS) is 14.6. The van der Waals surface area contributed by atoms with Crippen LogP contribution in [0.1, 0.15) is 48.0 Å². The van der Waals surface area contributed by atoms with E-state index in [1.54, 1.807) is 49.4 Å². The van der Waals surface area contributed by atoms with E-state index in [4.69, 9.17) is 4.74 Å². The van der Waals surface area contributed by atoms with Crippen LogP contribution in [-0.2, 0) is 30.7 Å². The molecule has 8 nitrogen and oxygen atoms in total. The highest BCUT2D eigenvalue weighted by molar-refractivity contribution is 7.91. The summed E-state index contributed by atoms with van der Waals surface area (Å²) in [5.74, 6) is -1.65. The molecule has 1 aromatic heterocycles. The lowest BCUT2D eigenvalue weighted by molar-refractivity contribution is -0.136. The van der Waals surface area contributed by atoms with E-state index in [0.717, 1.165) is 5.56 Å². The maximum absolute atomic E-state index is 13.5. The van der Waals surface area contributed by atoms with Crippen LogP contribution in [0.3, 0.4) is 0 Å². The number of rotatable bonds is 7. The Balaban J connectivity index is 1.57. The van der Waals surface area contributed by atoms with Crippen LogP contribution in [0, 0.1) is 5.82 Å². The summed E-state index contributed by atoms with van der Waals surface area (Å²) < 4.78 is 47.4. The first-order valence-corrected chi connectivity index (χ1v) is 14.8. The van der Waals surface area contributed by atoms with Gasteiger partial charge < -0.3 is 14.6 Å². The van der Waals surface area contributed by atoms with Crippen molar-refractivity contribution in [1.29, 1.82) is 0 Å². The van der Waals surface area contributed by atoms with E-state index in [1.165, 1.54) is 35.4 Å². The van der Waals surface area contributed by atoms with Gasteiger partial charge in [0, 0.05) is 40.3 Å². The zero-order chi connectivity index (χ0) is 29.4. The number of aromatic amines is 1. The number of carbonyl (C=O) groups is 2. The second-order valence-electron chi connectivity index (χ2n) is 10.6. The fourth-order valence-electron chi connectivity index (χ4n) is 5.19. The molecule has 4 aromatic rings. The number of benzene rings is 3. The Bertz CT molecular complexity index is 1760. The SMILES string of the molecule is CCOC(=O)C1=CN(C(=O)c2ccc(F)cc2)CC(C)(C)c2c1[nH]c1ccc(NS(=O)(=O)Cc3ccccc3)cc21. The molecular weight excluding hydrogens is 545 g/mol. The van der Waals surface area contributed by atoms with Crippen molar-refractivity contribution in [2.75, 3.05) is 17.9 Å². The van der Waals surface area contributed by atoms with Gasteiger partial charge in [0.2, 0.25) is 10.0 Å². The van der Waals surface area contributed by atoms with Crippen LogP contribution < -0.4 is 4.72 Å². The van der Waals surface area contributed by atoms with Crippen molar-refractivity contribution in [3.05, 3.63) is 107 Å². The molecule has 2 N–H and O–H groups in total. The third-order valence-corrected chi connectivity index (χ3v) is 8.18. The van der Waals surface area contributed by atoms with E-state index in [9.17, 15) is 22.4 Å². The van der Waals surface area contributed by atoms with Gasteiger partial charge in [-0.15, -0.1) is 0 Å². The Morgan fingerprint density at radius 1 is 1.05 bits per heavy atom. The molecule has 5 rings (SSSR count). The van der Waals surface area contributed by atoms with Gasteiger partial charge in [0.15, 0.2) is 0 Å². The maximum atomic E-state index is 13.5. The van der Waals surface area contributed by atoms with E-state index in [0.29, 0.717) is 27.8 Å². The van der Waals surface area contributed by atoms with Gasteiger partial charge in [-0.2, -0.15) is 0 Å². The number of hydrogen-bond donors (Lipinski definition) is 2. The van der Waals surface area contributed by atoms with Gasteiger partial charge >= 0.3 is 5.97 Å². The molecule has 212 valence electrons. The number of nitrogens with one attached hydrogen (secondary N) is 2. The zero-order valence-corrected chi connectivity index (χ0v) is 23.7. The summed E-state index contributed by atoms with van der Waals surface area (Å²) in [5, 5.41) is 0.705. The zero-order valence-electron chi connectivity index (χ0n) is 22.9. The molecule has 41 heavy (non-hydrogen) atoms. The Kier molecular flexibility index (Phi) is 7.44. The molecule has 1 amide bonds. The number of sulfonamides is 1. The fourth-order valence-corrected chi connectivity index (χ4v) is 6.38. The van der Waals surface area contributed by atoms with E-state index < -0.39 is 33.1 Å². The molecule has 0 unspecified atom stereocenters. The predicted octanol–water partition coefficient (Wildman–Crippen LogP) is 5.59. The van der Waals surface area contributed by atoms with Crippen molar-refractivity contribution in [2.45, 2.75) is 31.9 Å². The van der Waals surface area contributed by atoms with Crippen LogP contribution in [0.15, 0.2) is 79.0 Å². The Morgan fingerprint density at radius 2 is 1.76 bits per heavy atom. The monoisotopic (exact) mass is 575 g/mol. The minimum atomic E-state index is -3.71. The van der Waals surface area contributed by atoms with E-state index >= 15 is 0 Å². The number of ether oxygens (including phenoxy) is 1. The molecule has 0 fully saturated rings. The topological polar surface area (TPSA) is 109 Å². The van der Waals surface area contributed by atoms with Gasteiger partial charge in [0.1, 0.15) is 5.82 Å². The van der Waals surface area contributed by atoms with Crippen molar-refractivity contribution in [3.8, 4) is 0 Å². The van der Waals surface area contributed by atoms with Gasteiger partial charge in [-0.1, -0.05) is 44.2 Å². The summed E-state index contributed by atoms with van der Waals surface area (Å²) in [6.07, 6.45) is 1.47. The largest absolute Gasteiger partial charge is 0.462 e. The second kappa shape index (κ2) is 10.9. The summed E-state index contributed by atoms with van der Waals surface area (Å²) in [6, 6.07) is 19.3. The Labute approximate surface area is 237 Å². The van der Waals surface area contributed by atoms with Gasteiger partial charge in [-0.25, -0.2) is 17.6 Å². The number of halogens is 1. The Morgan fingerprint density at radius 3 is 2.44 bits per heavy atom. The number of anilines is 1. The highest BCUT2D eigenvalue weighted by Gasteiger charge is 2.37. The molecule has 0 radical (unpaired) electrons. The van der Waals surface area contributed by atoms with Crippen molar-refractivity contribution in [2.24, 2.45) is 0 Å². The number of aromatic nitrogens is 1. The molecule has 0 aliphatic carbocycles. The highest BCUT2D eigenvalue weighted by atomic mass is 32.2. The second-order valence-corrected chi connectivity index (χ2v) is 12.3. The third kappa shape index (κ3) is 5.88. The van der Waals surface area contributed by atoms with Gasteiger partial charge in [-0.3, -0.25) is 9.52 Å². The van der Waals surface area contributed by atoms with Crippen LogP contribution in [0.4, 0.5) is 10.1 Å². The number of nitrogens with zero attached hydrogens (tertiary/aromatic N) is 1. The standard InChI is InChI=1S/C31H30FN3O5S/c1-4-40-30(37)25-17-35(29(36)21-10-12-22(32)13-11-21)19-31(2,3)27-24-16-23(14-15-26(24)33-28(25)27)34-41(38,39)18-20-8-6-5-7-9-20/h5-17,33-34H,4,18-19H2,1-3H3. The average molecular weight is 576 g/mol. The van der Waals surface area contributed by atoms with Gasteiger partial charge in [0.25, 0.3) is 5.91 Å². The number of carbonyl (C=O) groups excluding carboxylic acids is 2. The van der Waals surface area contributed by atoms with Crippen molar-refractivity contribution < 1.29 is 27.1 Å². The minimum Gasteiger partial charge on any atom is -0.462 e. The number of fused-ring (bicyclic) bond motifs is 3. The van der Waals surface area contributed by atoms with Crippen LogP contribution in [0.5, 0.6) is 0 Å². The van der Waals surface area contributed by atoms with Crippen LogP contribution >= 0.6 is 0 Å². The van der Waals surface area contributed by atoms with Crippen molar-refractivity contribution >= 4 is 44.1 Å². The third-order valence-electron chi connectivity index (χ3n) is 6.92. The average Bonchev–Trinajstić information content (AvgIpc) is 3.25. The molecule has 0 saturated heterocycles. The lowest BCUT2D eigenvalue weighted by atomic mass is 9.81. The van der Waals surface area contributed by atoms with Crippen LogP contribution in [0.25, 0.3) is 16.5 Å². The maximum Gasteiger partial charge on any atom is 0.341 e. The molecule has 1 aliphatic heterocycles. The summed E-state index contributed by atoms with van der Waals surface area (Å²) in [4.78, 5) is 31.4. The molecule has 0 spiro atoms. The van der Waals surface area contributed by atoms with Crippen molar-refractivity contribution in [3.63, 3.8) is 0 Å². The molecule has 0 bridgehead atoms. The minimum absolute atomic E-state index is 0.133. The number of hydrogen-bond acceptors (Lipinski definition) is 5. The molecule has 10 heteroatoms. The lowest BCUT2D eigenvalue weighted by Crippen LogP contribution is -2.37. The Hall–Kier alpha value is -4.44. The number of H-pyrrole nitrogens is 1. The van der Waals surface area contributed by atoms with E-state index in [2.05, 4.69) is 9.71 Å². The van der Waals surface area contributed by atoms with Crippen LogP contribution in [0.2, 0.25) is 0 Å². The smallest absolute Gasteiger partial charge is 0.341 e. The molecule has 3 aromatic carbocycles. The quantitative estimate of drug-likeness (QED) is 0.280. The van der Waals surface area contributed by atoms with Gasteiger partial charge in [-0.05, 0) is 60.5 Å². The van der Waals surface area contributed by atoms with E-state index in [1.807, 2.05) is 19.9 Å². The summed E-state index contributed by atoms with van der Waals surface area (Å²) in [7, 11) is -3.71. The molecule has 1 aliphatic rings. The molecule has 0 atom stereocenters. The van der Waals surface area contributed by atoms with Crippen molar-refractivity contribution in [1.82, 2.24) is 9.88 Å². The molecule has 0 saturated carbocycles. The predicted molar refractivity (Wildman–Crippen MR) is 156 cm³/mol. The highest BCUT2D eigenvalue weighted by Crippen LogP contribution is 2.41. The first kappa shape index (κ1) is 28.1. The van der Waals surface area contributed by atoms with E-state index in [-0.39, 0.29) is 30.0 Å².